The molecule has 15 heavy (non-hydrogen) atoms. The van der Waals surface area contributed by atoms with E-state index in [0.717, 1.165) is 38.5 Å². The van der Waals surface area contributed by atoms with Crippen LogP contribution in [0.15, 0.2) is 0 Å². The second-order valence-electron chi connectivity index (χ2n) is 5.27. The van der Waals surface area contributed by atoms with Crippen LogP contribution >= 0.6 is 0 Å². The van der Waals surface area contributed by atoms with E-state index >= 15 is 0 Å². The fourth-order valence-electron chi connectivity index (χ4n) is 1.94. The van der Waals surface area contributed by atoms with Crippen LogP contribution in [-0.2, 0) is 0 Å². The Morgan fingerprint density at radius 2 is 2.00 bits per heavy atom. The Kier molecular flexibility index (Phi) is 4.56. The minimum Gasteiger partial charge on any atom is -0.330 e. The molecule has 0 spiro atoms. The van der Waals surface area contributed by atoms with E-state index in [2.05, 4.69) is 11.0 Å². The van der Waals surface area contributed by atoms with Crippen LogP contribution in [0.4, 0.5) is 0 Å². The summed E-state index contributed by atoms with van der Waals surface area (Å²) in [6.45, 7) is 8.22. The van der Waals surface area contributed by atoms with Crippen molar-refractivity contribution < 1.29 is 0 Å². The fourth-order valence-corrected chi connectivity index (χ4v) is 1.94. The number of nitriles is 1. The molecule has 1 saturated heterocycles. The van der Waals surface area contributed by atoms with Crippen molar-refractivity contribution in [2.45, 2.75) is 33.1 Å². The summed E-state index contributed by atoms with van der Waals surface area (Å²) >= 11 is 0. The number of nitrogens with two attached hydrogens (primary N) is 1. The Labute approximate surface area is 93.2 Å². The number of rotatable bonds is 4. The third kappa shape index (κ3) is 4.19. The smallest absolute Gasteiger partial charge is 0.0684 e. The number of hydrogen-bond acceptors (Lipinski definition) is 3. The van der Waals surface area contributed by atoms with E-state index in [1.54, 1.807) is 0 Å². The van der Waals surface area contributed by atoms with Crippen molar-refractivity contribution in [3.8, 4) is 6.07 Å². The fraction of sp³-hybridized carbons (Fsp3) is 0.917. The summed E-state index contributed by atoms with van der Waals surface area (Å²) in [4.78, 5) is 2.46. The molecule has 0 radical (unpaired) electrons. The molecule has 0 unspecified atom stereocenters. The lowest BCUT2D eigenvalue weighted by atomic mass is 9.90. The maximum absolute atomic E-state index is 8.92. The molecule has 0 amide bonds. The highest BCUT2D eigenvalue weighted by Gasteiger charge is 2.21. The van der Waals surface area contributed by atoms with E-state index in [1.807, 2.05) is 13.8 Å². The Balaban J connectivity index is 2.22. The molecule has 0 aromatic rings. The lowest BCUT2D eigenvalue weighted by Gasteiger charge is -2.32. The topological polar surface area (TPSA) is 53.0 Å². The first-order valence-electron chi connectivity index (χ1n) is 5.91. The highest BCUT2D eigenvalue weighted by Crippen LogP contribution is 2.21. The Bertz CT molecular complexity index is 222. The van der Waals surface area contributed by atoms with Gasteiger partial charge in [-0.25, -0.2) is 0 Å². The monoisotopic (exact) mass is 209 g/mol. The van der Waals surface area contributed by atoms with Crippen LogP contribution in [0.5, 0.6) is 0 Å². The highest BCUT2D eigenvalue weighted by molar-refractivity contribution is 4.92. The normalized spacial score (nSPS) is 20.1. The van der Waals surface area contributed by atoms with Gasteiger partial charge >= 0.3 is 0 Å². The van der Waals surface area contributed by atoms with E-state index in [0.29, 0.717) is 0 Å². The molecule has 0 saturated carbocycles. The first-order chi connectivity index (χ1) is 7.07. The van der Waals surface area contributed by atoms with Crippen LogP contribution in [0.25, 0.3) is 0 Å². The van der Waals surface area contributed by atoms with Gasteiger partial charge in [0.2, 0.25) is 0 Å². The van der Waals surface area contributed by atoms with Gasteiger partial charge in [-0.05, 0) is 65.2 Å². The molecule has 1 rings (SSSR count). The van der Waals surface area contributed by atoms with Gasteiger partial charge in [-0.1, -0.05) is 0 Å². The molecule has 0 aromatic carbocycles. The molecule has 0 atom stereocenters. The van der Waals surface area contributed by atoms with Gasteiger partial charge in [0.05, 0.1) is 11.5 Å². The molecule has 0 aromatic heterocycles. The minimum atomic E-state index is -0.176. The zero-order valence-corrected chi connectivity index (χ0v) is 10.00. The van der Waals surface area contributed by atoms with Gasteiger partial charge in [0.1, 0.15) is 0 Å². The molecule has 1 aliphatic rings. The first kappa shape index (κ1) is 12.5. The summed E-state index contributed by atoms with van der Waals surface area (Å²) in [6, 6.07) is 2.35. The highest BCUT2D eigenvalue weighted by atomic mass is 15.1. The lowest BCUT2D eigenvalue weighted by Crippen LogP contribution is -2.37. The number of piperidine rings is 1. The summed E-state index contributed by atoms with van der Waals surface area (Å²) in [6.07, 6.45) is 3.42. The molecule has 2 N–H and O–H groups in total. The predicted octanol–water partition coefficient (Wildman–Crippen LogP) is 1.60. The summed E-state index contributed by atoms with van der Waals surface area (Å²) in [5.74, 6) is 0.727. The van der Waals surface area contributed by atoms with Crippen molar-refractivity contribution in [1.29, 1.82) is 5.26 Å². The third-order valence-corrected chi connectivity index (χ3v) is 3.40. The number of hydrogen-bond donors (Lipinski definition) is 1. The van der Waals surface area contributed by atoms with Crippen LogP contribution in [-0.4, -0.2) is 31.1 Å². The molecular formula is C12H23N3. The molecule has 1 heterocycles. The molecule has 3 nitrogen and oxygen atoms in total. The van der Waals surface area contributed by atoms with Crippen LogP contribution in [0.2, 0.25) is 0 Å². The second-order valence-corrected chi connectivity index (χ2v) is 5.27. The summed E-state index contributed by atoms with van der Waals surface area (Å²) in [7, 11) is 0. The van der Waals surface area contributed by atoms with Crippen LogP contribution in [0.3, 0.4) is 0 Å². The average Bonchev–Trinajstić information content (AvgIpc) is 2.27. The van der Waals surface area contributed by atoms with Crippen LogP contribution < -0.4 is 5.73 Å². The summed E-state index contributed by atoms with van der Waals surface area (Å²) in [5, 5.41) is 8.92. The van der Waals surface area contributed by atoms with Crippen molar-refractivity contribution >= 4 is 0 Å². The molecule has 1 fully saturated rings. The Hall–Kier alpha value is -0.590. The van der Waals surface area contributed by atoms with E-state index < -0.39 is 0 Å². The van der Waals surface area contributed by atoms with Gasteiger partial charge in [-0.15, -0.1) is 0 Å². The zero-order chi connectivity index (χ0) is 11.3. The van der Waals surface area contributed by atoms with E-state index in [1.165, 1.54) is 12.8 Å². The van der Waals surface area contributed by atoms with E-state index in [-0.39, 0.29) is 5.41 Å². The maximum Gasteiger partial charge on any atom is 0.0684 e. The molecule has 0 bridgehead atoms. The van der Waals surface area contributed by atoms with Gasteiger partial charge in [0.15, 0.2) is 0 Å². The van der Waals surface area contributed by atoms with Gasteiger partial charge in [-0.3, -0.25) is 0 Å². The largest absolute Gasteiger partial charge is 0.330 e. The molecule has 1 aliphatic heterocycles. The molecule has 86 valence electrons. The summed E-state index contributed by atoms with van der Waals surface area (Å²) < 4.78 is 0. The SMILES string of the molecule is CC(C)(C#N)CCN1CCC(CN)CC1. The summed E-state index contributed by atoms with van der Waals surface area (Å²) in [5.41, 5.74) is 5.48. The number of likely N-dealkylation sites (tertiary alicyclic amines) is 1. The van der Waals surface area contributed by atoms with Gasteiger partial charge in [0.25, 0.3) is 0 Å². The average molecular weight is 209 g/mol. The third-order valence-electron chi connectivity index (χ3n) is 3.40. The van der Waals surface area contributed by atoms with E-state index in [4.69, 9.17) is 11.0 Å². The van der Waals surface area contributed by atoms with Crippen molar-refractivity contribution in [1.82, 2.24) is 4.90 Å². The van der Waals surface area contributed by atoms with Crippen LogP contribution in [0.1, 0.15) is 33.1 Å². The molecule has 0 aliphatic carbocycles. The van der Waals surface area contributed by atoms with Crippen molar-refractivity contribution in [2.75, 3.05) is 26.2 Å². The van der Waals surface area contributed by atoms with Crippen LogP contribution in [0, 0.1) is 22.7 Å². The molecular weight excluding hydrogens is 186 g/mol. The first-order valence-corrected chi connectivity index (χ1v) is 5.91. The van der Waals surface area contributed by atoms with E-state index in [9.17, 15) is 0 Å². The standard InChI is InChI=1S/C12H23N3/c1-12(2,10-14)5-8-15-6-3-11(9-13)4-7-15/h11H,3-9,13H2,1-2H3. The Morgan fingerprint density at radius 1 is 1.40 bits per heavy atom. The van der Waals surface area contributed by atoms with Gasteiger partial charge in [-0.2, -0.15) is 5.26 Å². The maximum atomic E-state index is 8.92. The van der Waals surface area contributed by atoms with Crippen molar-refractivity contribution in [3.63, 3.8) is 0 Å². The Morgan fingerprint density at radius 3 is 2.47 bits per heavy atom. The van der Waals surface area contributed by atoms with Gasteiger partial charge < -0.3 is 10.6 Å². The quantitative estimate of drug-likeness (QED) is 0.765. The minimum absolute atomic E-state index is 0.176. The van der Waals surface area contributed by atoms with Crippen molar-refractivity contribution in [3.05, 3.63) is 0 Å². The molecule has 3 heteroatoms. The zero-order valence-electron chi connectivity index (χ0n) is 10.00. The predicted molar refractivity (Wildman–Crippen MR) is 62.2 cm³/mol. The second kappa shape index (κ2) is 5.48. The number of nitrogens with zero attached hydrogens (tertiary/aromatic N) is 2. The lowest BCUT2D eigenvalue weighted by molar-refractivity contribution is 0.172. The van der Waals surface area contributed by atoms with Gasteiger partial charge in [0, 0.05) is 0 Å². The van der Waals surface area contributed by atoms with Crippen molar-refractivity contribution in [2.24, 2.45) is 17.1 Å².